The molecule has 4 aromatic rings. The summed E-state index contributed by atoms with van der Waals surface area (Å²) in [6, 6.07) is 20.1. The van der Waals surface area contributed by atoms with Crippen LogP contribution in [0.3, 0.4) is 0 Å². The maximum absolute atomic E-state index is 13.1. The van der Waals surface area contributed by atoms with Crippen LogP contribution in [-0.2, 0) is 32.7 Å². The molecule has 2 fully saturated rings. The Balaban J connectivity index is 0.922. The minimum Gasteiger partial charge on any atom is -0.369 e. The molecule has 54 heavy (non-hydrogen) atoms. The van der Waals surface area contributed by atoms with E-state index in [-0.39, 0.29) is 23.1 Å². The number of amides is 3. The number of aryl methyl sites for hydroxylation is 1. The third kappa shape index (κ3) is 8.38. The number of piperidine rings is 1. The number of benzene rings is 3. The molecule has 3 aromatic carbocycles. The lowest BCUT2D eigenvalue weighted by Gasteiger charge is -2.36. The van der Waals surface area contributed by atoms with Crippen LogP contribution >= 0.6 is 0 Å². The smallest absolute Gasteiger partial charge is 0.255 e. The Hall–Kier alpha value is -5.38. The second-order valence-corrected chi connectivity index (χ2v) is 16.7. The normalized spacial score (nSPS) is 18.1. The molecule has 14 nitrogen and oxygen atoms in total. The lowest BCUT2D eigenvalue weighted by molar-refractivity contribution is -0.136. The molecule has 4 heterocycles. The number of aromatic nitrogens is 2. The van der Waals surface area contributed by atoms with Crippen molar-refractivity contribution in [2.24, 2.45) is 0 Å². The van der Waals surface area contributed by atoms with Crippen LogP contribution in [0.25, 0.3) is 0 Å². The first-order chi connectivity index (χ1) is 25.7. The first kappa shape index (κ1) is 37.0. The fourth-order valence-electron chi connectivity index (χ4n) is 7.00. The Morgan fingerprint density at radius 2 is 1.67 bits per heavy atom. The monoisotopic (exact) mass is 751 g/mol. The predicted octanol–water partition coefficient (Wildman–Crippen LogP) is 4.43. The van der Waals surface area contributed by atoms with Crippen LogP contribution in [0.5, 0.6) is 0 Å². The molecule has 1 atom stereocenters. The zero-order chi connectivity index (χ0) is 38.2. The Morgan fingerprint density at radius 1 is 0.907 bits per heavy atom. The lowest BCUT2D eigenvalue weighted by atomic mass is 10.0. The van der Waals surface area contributed by atoms with Gasteiger partial charge in [-0.3, -0.25) is 24.6 Å². The van der Waals surface area contributed by atoms with Crippen molar-refractivity contribution in [2.45, 2.75) is 70.1 Å². The summed E-state index contributed by atoms with van der Waals surface area (Å²) in [5.74, 6) is 0.119. The molecule has 3 aliphatic heterocycles. The molecule has 3 amide bonds. The summed E-state index contributed by atoms with van der Waals surface area (Å²) in [7, 11) is -3.70. The molecular formula is C39H45N9O5S. The van der Waals surface area contributed by atoms with Crippen LogP contribution in [0.4, 0.5) is 28.8 Å². The summed E-state index contributed by atoms with van der Waals surface area (Å²) < 4.78 is 28.4. The summed E-state index contributed by atoms with van der Waals surface area (Å²) in [6.45, 7) is 11.9. The van der Waals surface area contributed by atoms with Gasteiger partial charge in [-0.25, -0.2) is 18.1 Å². The molecule has 0 saturated carbocycles. The maximum atomic E-state index is 13.1. The van der Waals surface area contributed by atoms with Gasteiger partial charge in [0.25, 0.3) is 5.91 Å². The number of fused-ring (bicyclic) bond motifs is 1. The number of carbonyl (C=O) groups is 3. The molecular weight excluding hydrogens is 707 g/mol. The molecule has 1 aromatic heterocycles. The van der Waals surface area contributed by atoms with E-state index in [2.05, 4.69) is 58.6 Å². The van der Waals surface area contributed by atoms with Crippen molar-refractivity contribution < 1.29 is 22.8 Å². The molecule has 15 heteroatoms. The number of carbonyl (C=O) groups excluding carboxylic acids is 3. The Morgan fingerprint density at radius 3 is 2.39 bits per heavy atom. The van der Waals surface area contributed by atoms with Gasteiger partial charge in [0.15, 0.2) is 0 Å². The first-order valence-corrected chi connectivity index (χ1v) is 19.5. The summed E-state index contributed by atoms with van der Waals surface area (Å²) in [6.07, 6.45) is 2.31. The Bertz CT molecular complexity index is 2200. The number of nitrogens with one attached hydrogen (secondary N) is 4. The van der Waals surface area contributed by atoms with E-state index < -0.39 is 27.5 Å². The molecule has 0 aliphatic carbocycles. The van der Waals surface area contributed by atoms with Crippen LogP contribution in [0.15, 0.2) is 77.8 Å². The minimum absolute atomic E-state index is 0.156. The van der Waals surface area contributed by atoms with E-state index in [4.69, 9.17) is 0 Å². The Labute approximate surface area is 315 Å². The summed E-state index contributed by atoms with van der Waals surface area (Å²) in [5.41, 5.74) is 5.41. The zero-order valence-electron chi connectivity index (χ0n) is 30.8. The average molecular weight is 752 g/mol. The molecule has 0 spiro atoms. The third-order valence-corrected chi connectivity index (χ3v) is 11.4. The van der Waals surface area contributed by atoms with E-state index in [1.807, 2.05) is 31.2 Å². The van der Waals surface area contributed by atoms with Crippen LogP contribution in [0.1, 0.15) is 60.7 Å². The molecule has 1 unspecified atom stereocenters. The highest BCUT2D eigenvalue weighted by molar-refractivity contribution is 7.89. The van der Waals surface area contributed by atoms with Crippen LogP contribution in [-0.4, -0.2) is 83.7 Å². The molecule has 0 bridgehead atoms. The van der Waals surface area contributed by atoms with Crippen LogP contribution < -0.4 is 25.6 Å². The number of sulfonamides is 1. The molecule has 2 saturated heterocycles. The zero-order valence-corrected chi connectivity index (χ0v) is 31.7. The lowest BCUT2D eigenvalue weighted by Crippen LogP contribution is -2.52. The van der Waals surface area contributed by atoms with E-state index in [1.165, 1.54) is 0 Å². The van der Waals surface area contributed by atoms with Gasteiger partial charge >= 0.3 is 0 Å². The number of anilines is 5. The summed E-state index contributed by atoms with van der Waals surface area (Å²) in [5, 5.41) is 8.88. The Kier molecular flexibility index (Phi) is 10.1. The standard InChI is InChI=1S/C39H45N9O5S/c1-25-22-40-38(44-35(25)41-29-6-5-7-31(21-29)54(52,53)45-39(2,3)4)42-28-9-11-30(12-10-28)47-18-16-46(17-19-47)23-26-8-13-32-27(20-26)24-48(37(32)51)33-14-15-34(49)43-36(33)50/h5-13,20-22,33,45H,14-19,23-24H2,1-4H3,(H,43,49,50)(H2,40,41,42,44). The quantitative estimate of drug-likeness (QED) is 0.169. The number of nitrogens with zero attached hydrogens (tertiary/aromatic N) is 5. The molecule has 4 N–H and O–H groups in total. The predicted molar refractivity (Wildman–Crippen MR) is 206 cm³/mol. The topological polar surface area (TPSA) is 169 Å². The highest BCUT2D eigenvalue weighted by atomic mass is 32.2. The van der Waals surface area contributed by atoms with Gasteiger partial charge in [0.1, 0.15) is 11.9 Å². The number of rotatable bonds is 10. The number of piperazine rings is 1. The highest BCUT2D eigenvalue weighted by Crippen LogP contribution is 2.30. The van der Waals surface area contributed by atoms with Crippen molar-refractivity contribution in [3.05, 3.63) is 95.2 Å². The van der Waals surface area contributed by atoms with Crippen molar-refractivity contribution in [2.75, 3.05) is 41.7 Å². The molecule has 0 radical (unpaired) electrons. The van der Waals surface area contributed by atoms with E-state index in [0.717, 1.165) is 60.8 Å². The van der Waals surface area contributed by atoms with Gasteiger partial charge in [-0.05, 0) is 93.8 Å². The third-order valence-electron chi connectivity index (χ3n) is 9.67. The fraction of sp³-hybridized carbons (Fsp3) is 0.359. The van der Waals surface area contributed by atoms with Crippen LogP contribution in [0.2, 0.25) is 0 Å². The van der Waals surface area contributed by atoms with Crippen molar-refractivity contribution >= 4 is 56.6 Å². The number of hydrogen-bond acceptors (Lipinski definition) is 11. The minimum atomic E-state index is -3.70. The molecule has 3 aliphatic rings. The fourth-order valence-corrected chi connectivity index (χ4v) is 8.47. The van der Waals surface area contributed by atoms with Gasteiger partial charge in [0.05, 0.1) is 4.90 Å². The molecule has 282 valence electrons. The van der Waals surface area contributed by atoms with E-state index >= 15 is 0 Å². The first-order valence-electron chi connectivity index (χ1n) is 18.1. The van der Waals surface area contributed by atoms with E-state index in [9.17, 15) is 22.8 Å². The van der Waals surface area contributed by atoms with E-state index in [0.29, 0.717) is 36.0 Å². The maximum Gasteiger partial charge on any atom is 0.255 e. The van der Waals surface area contributed by atoms with Crippen LogP contribution in [0, 0.1) is 6.92 Å². The van der Waals surface area contributed by atoms with Gasteiger partial charge in [-0.2, -0.15) is 4.98 Å². The number of hydrogen-bond donors (Lipinski definition) is 4. The summed E-state index contributed by atoms with van der Waals surface area (Å²) >= 11 is 0. The van der Waals surface area contributed by atoms with Crippen molar-refractivity contribution in [1.82, 2.24) is 29.8 Å². The largest absolute Gasteiger partial charge is 0.369 e. The SMILES string of the molecule is Cc1cnc(Nc2ccc(N3CCN(Cc4ccc5c(c4)CN(C4CCC(=O)NC4=O)C5=O)CC3)cc2)nc1Nc1cccc(S(=O)(=O)NC(C)(C)C)c1. The number of imide groups is 1. The average Bonchev–Trinajstić information content (AvgIpc) is 3.44. The van der Waals surface area contributed by atoms with Crippen molar-refractivity contribution in [1.29, 1.82) is 0 Å². The van der Waals surface area contributed by atoms with Gasteiger partial charge < -0.3 is 20.4 Å². The van der Waals surface area contributed by atoms with Crippen molar-refractivity contribution in [3.8, 4) is 0 Å². The van der Waals surface area contributed by atoms with Gasteiger partial charge in [0.2, 0.25) is 27.8 Å². The van der Waals surface area contributed by atoms with Gasteiger partial charge in [0, 0.05) is 85.6 Å². The molecule has 7 rings (SSSR count). The highest BCUT2D eigenvalue weighted by Gasteiger charge is 2.39. The second-order valence-electron chi connectivity index (χ2n) is 15.1. The van der Waals surface area contributed by atoms with Gasteiger partial charge in [-0.15, -0.1) is 0 Å². The second kappa shape index (κ2) is 14.8. The summed E-state index contributed by atoms with van der Waals surface area (Å²) in [4.78, 5) is 52.7. The van der Waals surface area contributed by atoms with E-state index in [1.54, 1.807) is 56.1 Å². The van der Waals surface area contributed by atoms with Gasteiger partial charge in [-0.1, -0.05) is 18.2 Å². The van der Waals surface area contributed by atoms with Crippen molar-refractivity contribution in [3.63, 3.8) is 0 Å².